The number of hydrogen-bond donors (Lipinski definition) is 4. The largest absolute Gasteiger partial charge is 0.461 e. The van der Waals surface area contributed by atoms with Crippen molar-refractivity contribution in [1.29, 1.82) is 5.26 Å². The molecule has 0 saturated carbocycles. The van der Waals surface area contributed by atoms with Gasteiger partial charge in [-0.05, 0) is 25.5 Å². The lowest BCUT2D eigenvalue weighted by molar-refractivity contribution is 0.212. The first-order chi connectivity index (χ1) is 13.0. The Bertz CT molecular complexity index is 1050. The van der Waals surface area contributed by atoms with Crippen LogP contribution in [0.15, 0.2) is 16.5 Å². The molecular weight excluding hydrogens is 370 g/mol. The van der Waals surface area contributed by atoms with Crippen molar-refractivity contribution in [1.82, 2.24) is 4.98 Å². The van der Waals surface area contributed by atoms with E-state index in [9.17, 15) is 10.1 Å². The summed E-state index contributed by atoms with van der Waals surface area (Å²) in [5.41, 5.74) is 12.1. The molecule has 0 atom stereocenters. The first-order valence-corrected chi connectivity index (χ1v) is 8.82. The smallest absolute Gasteiger partial charge is 0.410 e. The van der Waals surface area contributed by atoms with Crippen molar-refractivity contribution in [3.63, 3.8) is 0 Å². The van der Waals surface area contributed by atoms with Gasteiger partial charge in [-0.3, -0.25) is 0 Å². The second-order valence-electron chi connectivity index (χ2n) is 5.64. The molecule has 0 saturated heterocycles. The van der Waals surface area contributed by atoms with Gasteiger partial charge in [0, 0.05) is 13.2 Å². The lowest BCUT2D eigenvalue weighted by Gasteiger charge is -2.11. The number of nitrogens with zero attached hydrogens (tertiary/aromatic N) is 2. The molecular formula is C17H17N5O4S. The average Bonchev–Trinajstić information content (AvgIpc) is 3.17. The zero-order valence-electron chi connectivity index (χ0n) is 14.4. The van der Waals surface area contributed by atoms with Crippen LogP contribution in [0.25, 0.3) is 21.5 Å². The molecule has 140 valence electrons. The number of aliphatic hydroxyl groups is 1. The maximum atomic E-state index is 11.1. The number of amides is 1. The number of pyridine rings is 1. The number of aliphatic hydroxyl groups excluding tert-OH is 1. The molecule has 6 N–H and O–H groups in total. The first kappa shape index (κ1) is 18.5. The maximum Gasteiger partial charge on any atom is 0.410 e. The number of carbonyl (C=O) groups is 1. The standard InChI is InChI=1S/C17H17N5O4S/c1-8-3-4-10(25-8)11-9(7-18)14(21-5-2-6-23)22-15-12(11)13(19)16(27-15)26-17(20)24/h3-4,23H,2,5-6,19H2,1H3,(H2,20,24)(H,21,22). The first-order valence-electron chi connectivity index (χ1n) is 8.01. The number of thiophene rings is 1. The summed E-state index contributed by atoms with van der Waals surface area (Å²) in [6.07, 6.45) is -0.506. The number of rotatable bonds is 6. The Morgan fingerprint density at radius 1 is 1.52 bits per heavy atom. The number of nitrogen functional groups attached to an aromatic ring is 1. The lowest BCUT2D eigenvalue weighted by atomic mass is 10.0. The molecule has 9 nitrogen and oxygen atoms in total. The Morgan fingerprint density at radius 3 is 2.89 bits per heavy atom. The van der Waals surface area contributed by atoms with Gasteiger partial charge in [0.1, 0.15) is 33.8 Å². The van der Waals surface area contributed by atoms with E-state index in [-0.39, 0.29) is 22.9 Å². The summed E-state index contributed by atoms with van der Waals surface area (Å²) < 4.78 is 10.7. The molecule has 3 heterocycles. The van der Waals surface area contributed by atoms with Crippen molar-refractivity contribution < 1.29 is 19.1 Å². The number of nitrogens with two attached hydrogens (primary N) is 2. The predicted octanol–water partition coefficient (Wildman–Crippen LogP) is 2.57. The lowest BCUT2D eigenvalue weighted by Crippen LogP contribution is -2.16. The predicted molar refractivity (Wildman–Crippen MR) is 102 cm³/mol. The number of nitrogens with one attached hydrogen (secondary N) is 1. The molecule has 0 aliphatic heterocycles. The minimum absolute atomic E-state index is 0.00389. The summed E-state index contributed by atoms with van der Waals surface area (Å²) >= 11 is 1.04. The van der Waals surface area contributed by atoms with E-state index in [1.54, 1.807) is 19.1 Å². The van der Waals surface area contributed by atoms with E-state index in [0.29, 0.717) is 46.1 Å². The number of anilines is 2. The van der Waals surface area contributed by atoms with Gasteiger partial charge in [0.05, 0.1) is 16.6 Å². The summed E-state index contributed by atoms with van der Waals surface area (Å²) in [6.45, 7) is 2.21. The van der Waals surface area contributed by atoms with Gasteiger partial charge in [-0.25, -0.2) is 9.78 Å². The number of nitriles is 1. The third-order valence-corrected chi connectivity index (χ3v) is 4.74. The van der Waals surface area contributed by atoms with Gasteiger partial charge in [-0.15, -0.1) is 0 Å². The van der Waals surface area contributed by atoms with Crippen LogP contribution in [0, 0.1) is 18.3 Å². The number of carbonyl (C=O) groups excluding carboxylic acids is 1. The maximum absolute atomic E-state index is 11.1. The molecule has 0 spiro atoms. The van der Waals surface area contributed by atoms with Crippen LogP contribution in [-0.2, 0) is 0 Å². The number of furan rings is 1. The Balaban J connectivity index is 2.29. The minimum Gasteiger partial charge on any atom is -0.461 e. The normalized spacial score (nSPS) is 10.7. The SMILES string of the molecule is Cc1ccc(-c2c(C#N)c(NCCCO)nc3sc(OC(N)=O)c(N)c23)o1. The second kappa shape index (κ2) is 7.53. The number of fused-ring (bicyclic) bond motifs is 1. The Kier molecular flexibility index (Phi) is 5.16. The molecule has 0 unspecified atom stereocenters. The molecule has 0 radical (unpaired) electrons. The van der Waals surface area contributed by atoms with Crippen LogP contribution in [-0.4, -0.2) is 29.3 Å². The quantitative estimate of drug-likeness (QED) is 0.469. The fourth-order valence-electron chi connectivity index (χ4n) is 2.64. The third-order valence-electron chi connectivity index (χ3n) is 3.76. The average molecular weight is 387 g/mol. The molecule has 0 aliphatic carbocycles. The van der Waals surface area contributed by atoms with Gasteiger partial charge >= 0.3 is 6.09 Å². The number of aryl methyl sites for hydroxylation is 1. The number of ether oxygens (including phenoxy) is 1. The molecule has 27 heavy (non-hydrogen) atoms. The van der Waals surface area contributed by atoms with Crippen molar-refractivity contribution in [2.24, 2.45) is 5.73 Å². The monoisotopic (exact) mass is 387 g/mol. The van der Waals surface area contributed by atoms with Gasteiger partial charge in [0.25, 0.3) is 0 Å². The Morgan fingerprint density at radius 2 is 2.30 bits per heavy atom. The molecule has 0 aliphatic rings. The highest BCUT2D eigenvalue weighted by molar-refractivity contribution is 7.21. The van der Waals surface area contributed by atoms with Gasteiger partial charge in [0.15, 0.2) is 0 Å². The topological polar surface area (TPSA) is 160 Å². The minimum atomic E-state index is -0.995. The fraction of sp³-hybridized carbons (Fsp3) is 0.235. The molecule has 10 heteroatoms. The Labute approximate surface area is 158 Å². The van der Waals surface area contributed by atoms with E-state index in [2.05, 4.69) is 16.4 Å². The summed E-state index contributed by atoms with van der Waals surface area (Å²) in [4.78, 5) is 16.1. The number of hydrogen-bond acceptors (Lipinski definition) is 9. The molecule has 3 rings (SSSR count). The highest BCUT2D eigenvalue weighted by Crippen LogP contribution is 2.46. The zero-order valence-corrected chi connectivity index (χ0v) is 15.2. The van der Waals surface area contributed by atoms with Crippen molar-refractivity contribution >= 4 is 39.2 Å². The molecule has 0 aromatic carbocycles. The van der Waals surface area contributed by atoms with Crippen LogP contribution in [0.5, 0.6) is 5.06 Å². The van der Waals surface area contributed by atoms with Gasteiger partial charge in [-0.1, -0.05) is 11.3 Å². The van der Waals surface area contributed by atoms with Gasteiger partial charge in [-0.2, -0.15) is 5.26 Å². The summed E-state index contributed by atoms with van der Waals surface area (Å²) in [7, 11) is 0. The summed E-state index contributed by atoms with van der Waals surface area (Å²) in [5, 5.41) is 22.3. The van der Waals surface area contributed by atoms with Crippen LogP contribution < -0.4 is 21.5 Å². The highest BCUT2D eigenvalue weighted by Gasteiger charge is 2.25. The van der Waals surface area contributed by atoms with Crippen LogP contribution in [0.4, 0.5) is 16.3 Å². The second-order valence-corrected chi connectivity index (χ2v) is 6.60. The fourth-order valence-corrected chi connectivity index (χ4v) is 3.60. The highest BCUT2D eigenvalue weighted by atomic mass is 32.1. The Hall–Kier alpha value is -3.29. The molecule has 1 amide bonds. The zero-order chi connectivity index (χ0) is 19.6. The van der Waals surface area contributed by atoms with Crippen molar-refractivity contribution in [2.45, 2.75) is 13.3 Å². The van der Waals surface area contributed by atoms with E-state index < -0.39 is 6.09 Å². The van der Waals surface area contributed by atoms with Crippen molar-refractivity contribution in [3.05, 3.63) is 23.5 Å². The van der Waals surface area contributed by atoms with Crippen LogP contribution in [0.3, 0.4) is 0 Å². The van der Waals surface area contributed by atoms with E-state index in [4.69, 9.17) is 25.7 Å². The van der Waals surface area contributed by atoms with E-state index in [0.717, 1.165) is 11.3 Å². The van der Waals surface area contributed by atoms with E-state index in [1.165, 1.54) is 0 Å². The van der Waals surface area contributed by atoms with Crippen LogP contribution in [0.2, 0.25) is 0 Å². The molecule has 0 bridgehead atoms. The van der Waals surface area contributed by atoms with Crippen LogP contribution in [0.1, 0.15) is 17.7 Å². The summed E-state index contributed by atoms with van der Waals surface area (Å²) in [5.74, 6) is 1.43. The molecule has 3 aromatic rings. The van der Waals surface area contributed by atoms with E-state index >= 15 is 0 Å². The van der Waals surface area contributed by atoms with Crippen molar-refractivity contribution in [3.8, 4) is 22.5 Å². The molecule has 0 fully saturated rings. The van der Waals surface area contributed by atoms with Gasteiger partial charge < -0.3 is 31.0 Å². The third kappa shape index (κ3) is 3.51. The van der Waals surface area contributed by atoms with Gasteiger partial charge in [0.2, 0.25) is 5.06 Å². The van der Waals surface area contributed by atoms with Crippen molar-refractivity contribution in [2.75, 3.05) is 24.2 Å². The number of aromatic nitrogens is 1. The molecule has 3 aromatic heterocycles. The van der Waals surface area contributed by atoms with E-state index in [1.807, 2.05) is 0 Å². The number of primary amides is 1. The van der Waals surface area contributed by atoms with Crippen LogP contribution >= 0.6 is 11.3 Å². The summed E-state index contributed by atoms with van der Waals surface area (Å²) in [6, 6.07) is 5.64.